The van der Waals surface area contributed by atoms with Crippen LogP contribution in [0.25, 0.3) is 5.69 Å². The van der Waals surface area contributed by atoms with E-state index < -0.39 is 18.0 Å². The van der Waals surface area contributed by atoms with Gasteiger partial charge in [0.15, 0.2) is 0 Å². The summed E-state index contributed by atoms with van der Waals surface area (Å²) < 4.78 is 12.1. The topological polar surface area (TPSA) is 57.5 Å². The fraction of sp³-hybridized carbons (Fsp3) is 0.250. The highest BCUT2D eigenvalue weighted by Gasteiger charge is 2.35. The molecule has 0 unspecified atom stereocenters. The van der Waals surface area contributed by atoms with Gasteiger partial charge in [0.1, 0.15) is 6.10 Å². The molecule has 0 spiro atoms. The fourth-order valence-electron chi connectivity index (χ4n) is 2.29. The summed E-state index contributed by atoms with van der Waals surface area (Å²) in [4.78, 5) is 23.5. The second kappa shape index (κ2) is 5.44. The van der Waals surface area contributed by atoms with E-state index in [4.69, 9.17) is 9.47 Å². The highest BCUT2D eigenvalue weighted by molar-refractivity contribution is 5.92. The number of carbonyl (C=O) groups is 2. The molecule has 2 heterocycles. The minimum Gasteiger partial charge on any atom is -0.460 e. The summed E-state index contributed by atoms with van der Waals surface area (Å²) in [6.45, 7) is 1.78. The first-order chi connectivity index (χ1) is 10.1. The molecule has 1 aliphatic rings. The Morgan fingerprint density at radius 1 is 1.24 bits per heavy atom. The third-order valence-corrected chi connectivity index (χ3v) is 3.38. The third-order valence-electron chi connectivity index (χ3n) is 3.38. The lowest BCUT2D eigenvalue weighted by molar-refractivity contribution is -0.147. The van der Waals surface area contributed by atoms with Gasteiger partial charge in [-0.2, -0.15) is 0 Å². The Bertz CT molecular complexity index is 645. The lowest BCUT2D eigenvalue weighted by atomic mass is 10.2. The molecule has 0 aliphatic carbocycles. The number of ether oxygens (including phenoxy) is 2. The molecule has 0 radical (unpaired) electrons. The molecule has 108 valence electrons. The van der Waals surface area contributed by atoms with Gasteiger partial charge in [-0.25, -0.2) is 9.59 Å². The van der Waals surface area contributed by atoms with Crippen molar-refractivity contribution in [1.29, 1.82) is 0 Å². The van der Waals surface area contributed by atoms with Crippen LogP contribution >= 0.6 is 0 Å². The van der Waals surface area contributed by atoms with Crippen molar-refractivity contribution in [3.8, 4) is 5.69 Å². The number of hydrogen-bond donors (Lipinski definition) is 0. The monoisotopic (exact) mass is 285 g/mol. The number of benzene rings is 1. The van der Waals surface area contributed by atoms with Crippen molar-refractivity contribution in [2.45, 2.75) is 25.6 Å². The highest BCUT2D eigenvalue weighted by Crippen LogP contribution is 2.19. The summed E-state index contributed by atoms with van der Waals surface area (Å²) >= 11 is 0. The summed E-state index contributed by atoms with van der Waals surface area (Å²) in [5.74, 6) is -0.982. The second-order valence-electron chi connectivity index (χ2n) is 5.01. The standard InChI is InChI=1S/C16H15NO4/c1-11-10-14(16(19)20-11)21-15(18)12-4-6-13(7-5-12)17-8-2-3-9-17/h2-9,11,14H,10H2,1H3/t11-,14-/m0/s1. The smallest absolute Gasteiger partial charge is 0.347 e. The van der Waals surface area contributed by atoms with Crippen LogP contribution in [-0.4, -0.2) is 28.7 Å². The van der Waals surface area contributed by atoms with E-state index in [-0.39, 0.29) is 6.10 Å². The average molecular weight is 285 g/mol. The summed E-state index contributed by atoms with van der Waals surface area (Å²) in [5.41, 5.74) is 1.36. The molecule has 0 N–H and O–H groups in total. The van der Waals surface area contributed by atoms with Gasteiger partial charge in [-0.15, -0.1) is 0 Å². The molecule has 1 aromatic heterocycles. The number of rotatable bonds is 3. The molecule has 5 heteroatoms. The Morgan fingerprint density at radius 3 is 2.48 bits per heavy atom. The van der Waals surface area contributed by atoms with E-state index in [0.29, 0.717) is 12.0 Å². The van der Waals surface area contributed by atoms with Gasteiger partial charge >= 0.3 is 11.9 Å². The predicted molar refractivity (Wildman–Crippen MR) is 75.1 cm³/mol. The van der Waals surface area contributed by atoms with Gasteiger partial charge in [-0.05, 0) is 43.3 Å². The van der Waals surface area contributed by atoms with Crippen LogP contribution in [0.3, 0.4) is 0 Å². The molecule has 0 amide bonds. The van der Waals surface area contributed by atoms with Gasteiger partial charge in [0.25, 0.3) is 0 Å². The molecule has 2 atom stereocenters. The van der Waals surface area contributed by atoms with Crippen molar-refractivity contribution in [2.24, 2.45) is 0 Å². The molecular weight excluding hydrogens is 270 g/mol. The maximum Gasteiger partial charge on any atom is 0.347 e. The van der Waals surface area contributed by atoms with E-state index in [9.17, 15) is 9.59 Å². The molecular formula is C16H15NO4. The Hall–Kier alpha value is -2.56. The van der Waals surface area contributed by atoms with Crippen LogP contribution in [0.2, 0.25) is 0 Å². The van der Waals surface area contributed by atoms with Crippen molar-refractivity contribution in [3.63, 3.8) is 0 Å². The minimum atomic E-state index is -0.795. The van der Waals surface area contributed by atoms with Crippen molar-refractivity contribution < 1.29 is 19.1 Å². The van der Waals surface area contributed by atoms with E-state index in [1.165, 1.54) is 0 Å². The largest absolute Gasteiger partial charge is 0.460 e. The molecule has 2 aromatic rings. The first kappa shape index (κ1) is 13.4. The Kier molecular flexibility index (Phi) is 3.48. The zero-order valence-corrected chi connectivity index (χ0v) is 11.6. The first-order valence-corrected chi connectivity index (χ1v) is 6.78. The lowest BCUT2D eigenvalue weighted by Gasteiger charge is -2.09. The Balaban J connectivity index is 1.69. The van der Waals surface area contributed by atoms with E-state index in [0.717, 1.165) is 5.69 Å². The van der Waals surface area contributed by atoms with Gasteiger partial charge in [-0.1, -0.05) is 0 Å². The predicted octanol–water partition coefficient (Wildman–Crippen LogP) is 2.34. The molecule has 3 rings (SSSR count). The van der Waals surface area contributed by atoms with Gasteiger partial charge in [-0.3, -0.25) is 0 Å². The molecule has 1 aromatic carbocycles. The van der Waals surface area contributed by atoms with Crippen LogP contribution < -0.4 is 0 Å². The van der Waals surface area contributed by atoms with Gasteiger partial charge in [0, 0.05) is 24.5 Å². The number of cyclic esters (lactones) is 1. The summed E-state index contributed by atoms with van der Waals surface area (Å²) in [6, 6.07) is 10.9. The maximum atomic E-state index is 12.0. The normalized spacial score (nSPS) is 21.1. The fourth-order valence-corrected chi connectivity index (χ4v) is 2.29. The zero-order chi connectivity index (χ0) is 14.8. The zero-order valence-electron chi connectivity index (χ0n) is 11.6. The molecule has 5 nitrogen and oxygen atoms in total. The first-order valence-electron chi connectivity index (χ1n) is 6.78. The quantitative estimate of drug-likeness (QED) is 0.812. The van der Waals surface area contributed by atoms with Crippen molar-refractivity contribution >= 4 is 11.9 Å². The van der Waals surface area contributed by atoms with Gasteiger partial charge in [0.2, 0.25) is 6.10 Å². The average Bonchev–Trinajstić information content (AvgIpc) is 3.10. The van der Waals surface area contributed by atoms with Crippen LogP contribution in [0.5, 0.6) is 0 Å². The lowest BCUT2D eigenvalue weighted by Crippen LogP contribution is -2.22. The van der Waals surface area contributed by atoms with Crippen LogP contribution in [0, 0.1) is 0 Å². The highest BCUT2D eigenvalue weighted by atomic mass is 16.6. The number of nitrogens with zero attached hydrogens (tertiary/aromatic N) is 1. The molecule has 0 bridgehead atoms. The molecule has 1 saturated heterocycles. The van der Waals surface area contributed by atoms with E-state index in [1.54, 1.807) is 19.1 Å². The van der Waals surface area contributed by atoms with E-state index in [2.05, 4.69) is 0 Å². The van der Waals surface area contributed by atoms with Crippen LogP contribution in [0.4, 0.5) is 0 Å². The van der Waals surface area contributed by atoms with Crippen molar-refractivity contribution in [1.82, 2.24) is 4.57 Å². The Morgan fingerprint density at radius 2 is 1.90 bits per heavy atom. The van der Waals surface area contributed by atoms with Gasteiger partial charge in [0.05, 0.1) is 5.56 Å². The van der Waals surface area contributed by atoms with Gasteiger partial charge < -0.3 is 14.0 Å². The number of hydrogen-bond acceptors (Lipinski definition) is 4. The third kappa shape index (κ3) is 2.81. The minimum absolute atomic E-state index is 0.202. The Labute approximate surface area is 122 Å². The van der Waals surface area contributed by atoms with Crippen LogP contribution in [0.15, 0.2) is 48.8 Å². The van der Waals surface area contributed by atoms with Crippen molar-refractivity contribution in [3.05, 3.63) is 54.4 Å². The molecule has 1 aliphatic heterocycles. The second-order valence-corrected chi connectivity index (χ2v) is 5.01. The van der Waals surface area contributed by atoms with Crippen LogP contribution in [0.1, 0.15) is 23.7 Å². The summed E-state index contributed by atoms with van der Waals surface area (Å²) in [7, 11) is 0. The van der Waals surface area contributed by atoms with E-state index >= 15 is 0 Å². The SMILES string of the molecule is C[C@H]1C[C@H](OC(=O)c2ccc(-n3cccc3)cc2)C(=O)O1. The number of esters is 2. The van der Waals surface area contributed by atoms with Crippen molar-refractivity contribution in [2.75, 3.05) is 0 Å². The summed E-state index contributed by atoms with van der Waals surface area (Å²) in [5, 5.41) is 0. The number of aromatic nitrogens is 1. The molecule has 0 saturated carbocycles. The maximum absolute atomic E-state index is 12.0. The molecule has 1 fully saturated rings. The molecule has 21 heavy (non-hydrogen) atoms. The van der Waals surface area contributed by atoms with E-state index in [1.807, 2.05) is 41.2 Å². The summed E-state index contributed by atoms with van der Waals surface area (Å²) in [6.07, 6.45) is 3.25. The number of carbonyl (C=O) groups excluding carboxylic acids is 2. The van der Waals surface area contributed by atoms with Crippen LogP contribution in [-0.2, 0) is 14.3 Å².